The molecule has 0 saturated carbocycles. The van der Waals surface area contributed by atoms with Crippen molar-refractivity contribution in [3.63, 3.8) is 0 Å². The van der Waals surface area contributed by atoms with E-state index in [-0.39, 0.29) is 18.0 Å². The van der Waals surface area contributed by atoms with Crippen molar-refractivity contribution < 1.29 is 14.4 Å². The van der Waals surface area contributed by atoms with Crippen molar-refractivity contribution in [3.05, 3.63) is 0 Å². The van der Waals surface area contributed by atoms with Gasteiger partial charge in [-0.25, -0.2) is 10.3 Å². The summed E-state index contributed by atoms with van der Waals surface area (Å²) in [6.07, 6.45) is 5.07. The third kappa shape index (κ3) is 2.98. The van der Waals surface area contributed by atoms with Gasteiger partial charge in [0.2, 0.25) is 0 Å². The summed E-state index contributed by atoms with van der Waals surface area (Å²) in [7, 11) is 1.80. The van der Waals surface area contributed by atoms with Gasteiger partial charge in [-0.1, -0.05) is 6.42 Å². The van der Waals surface area contributed by atoms with E-state index in [1.54, 1.807) is 16.8 Å². The lowest BCUT2D eigenvalue weighted by Crippen LogP contribution is -2.50. The van der Waals surface area contributed by atoms with E-state index in [1.807, 2.05) is 0 Å². The molecule has 7 heteroatoms. The number of amides is 3. The Balaban J connectivity index is 1.46. The van der Waals surface area contributed by atoms with Gasteiger partial charge in [-0.05, 0) is 32.2 Å². The Labute approximate surface area is 124 Å². The molecule has 0 aliphatic carbocycles. The Morgan fingerprint density at radius 3 is 3.00 bits per heavy atom. The first-order valence-corrected chi connectivity index (χ1v) is 7.85. The maximum Gasteiger partial charge on any atom is 0.320 e. The molecule has 3 heterocycles. The summed E-state index contributed by atoms with van der Waals surface area (Å²) in [6, 6.07) is 0.132. The lowest BCUT2D eigenvalue weighted by Gasteiger charge is -2.29. The van der Waals surface area contributed by atoms with Crippen LogP contribution in [0.2, 0.25) is 0 Å². The number of rotatable bonds is 4. The molecular formula is C14H24N4O3. The zero-order chi connectivity index (χ0) is 14.8. The van der Waals surface area contributed by atoms with Crippen molar-refractivity contribution in [2.24, 2.45) is 0 Å². The van der Waals surface area contributed by atoms with E-state index in [9.17, 15) is 9.59 Å². The first-order valence-electron chi connectivity index (χ1n) is 7.85. The molecule has 21 heavy (non-hydrogen) atoms. The van der Waals surface area contributed by atoms with Gasteiger partial charge in [0.15, 0.2) is 0 Å². The second kappa shape index (κ2) is 6.19. The lowest BCUT2D eigenvalue weighted by atomic mass is 10.0. The van der Waals surface area contributed by atoms with E-state index < -0.39 is 6.04 Å². The number of nitrogens with one attached hydrogen (secondary N) is 2. The molecule has 3 fully saturated rings. The Kier molecular flexibility index (Phi) is 4.30. The number of carbonyl (C=O) groups excluding carboxylic acids is 2. The van der Waals surface area contributed by atoms with Crippen LogP contribution in [0.5, 0.6) is 0 Å². The van der Waals surface area contributed by atoms with Crippen LogP contribution in [0.15, 0.2) is 0 Å². The number of hydrogen-bond donors (Lipinski definition) is 2. The first kappa shape index (κ1) is 14.6. The number of piperidine rings is 2. The summed E-state index contributed by atoms with van der Waals surface area (Å²) in [5.74, 6) is -0.201. The van der Waals surface area contributed by atoms with Crippen LogP contribution in [0.3, 0.4) is 0 Å². The highest BCUT2D eigenvalue weighted by atomic mass is 16.7. The number of hydroxylamine groups is 1. The Morgan fingerprint density at radius 2 is 2.24 bits per heavy atom. The first-order chi connectivity index (χ1) is 10.2. The standard InChI is InChI=1S/C14H24N4O3/c1-17-11-5-6-12(18(8-11)14(17)20)13(19)16-21-9-10-4-2-3-7-15-10/h10-12,15H,2-9H2,1H3,(H,16,19)/t10?,11-,12+/m1/s1. The van der Waals surface area contributed by atoms with Gasteiger partial charge in [-0.2, -0.15) is 0 Å². The summed E-state index contributed by atoms with van der Waals surface area (Å²) in [6.45, 7) is 2.15. The topological polar surface area (TPSA) is 73.9 Å². The quantitative estimate of drug-likeness (QED) is 0.720. The molecule has 3 rings (SSSR count). The van der Waals surface area contributed by atoms with Crippen molar-refractivity contribution in [2.45, 2.75) is 50.2 Å². The van der Waals surface area contributed by atoms with Crippen LogP contribution >= 0.6 is 0 Å². The number of carbonyl (C=O) groups is 2. The van der Waals surface area contributed by atoms with E-state index in [2.05, 4.69) is 10.8 Å². The molecule has 3 amide bonds. The zero-order valence-electron chi connectivity index (χ0n) is 12.5. The fourth-order valence-electron chi connectivity index (χ4n) is 3.46. The molecule has 3 aliphatic rings. The van der Waals surface area contributed by atoms with E-state index in [0.29, 0.717) is 25.6 Å². The van der Waals surface area contributed by atoms with Gasteiger partial charge >= 0.3 is 6.03 Å². The third-order valence-corrected chi connectivity index (χ3v) is 4.82. The van der Waals surface area contributed by atoms with E-state index in [4.69, 9.17) is 4.84 Å². The molecule has 2 N–H and O–H groups in total. The maximum absolute atomic E-state index is 12.2. The molecular weight excluding hydrogens is 272 g/mol. The van der Waals surface area contributed by atoms with Crippen LogP contribution in [0.4, 0.5) is 4.79 Å². The molecule has 3 atom stereocenters. The summed E-state index contributed by atoms with van der Waals surface area (Å²) in [4.78, 5) is 33.0. The Bertz CT molecular complexity index is 411. The lowest BCUT2D eigenvalue weighted by molar-refractivity contribution is -0.139. The molecule has 2 bridgehead atoms. The fraction of sp³-hybridized carbons (Fsp3) is 0.857. The molecule has 0 aromatic carbocycles. The van der Waals surface area contributed by atoms with Crippen molar-refractivity contribution in [2.75, 3.05) is 26.7 Å². The average molecular weight is 296 g/mol. The number of hydrogen-bond acceptors (Lipinski definition) is 4. The normalized spacial score (nSPS) is 32.4. The highest BCUT2D eigenvalue weighted by molar-refractivity contribution is 5.88. The summed E-state index contributed by atoms with van der Waals surface area (Å²) in [5, 5.41) is 3.36. The van der Waals surface area contributed by atoms with Crippen molar-refractivity contribution >= 4 is 11.9 Å². The predicted octanol–water partition coefficient (Wildman–Crippen LogP) is 0.0747. The van der Waals surface area contributed by atoms with Crippen molar-refractivity contribution in [1.29, 1.82) is 0 Å². The Hall–Kier alpha value is -1.34. The minimum absolute atomic E-state index is 0.0494. The summed E-state index contributed by atoms with van der Waals surface area (Å²) < 4.78 is 0. The molecule has 3 saturated heterocycles. The second-order valence-electron chi connectivity index (χ2n) is 6.22. The number of nitrogens with zero attached hydrogens (tertiary/aromatic N) is 2. The van der Waals surface area contributed by atoms with E-state index >= 15 is 0 Å². The van der Waals surface area contributed by atoms with Crippen molar-refractivity contribution in [3.8, 4) is 0 Å². The molecule has 0 aromatic rings. The highest BCUT2D eigenvalue weighted by Gasteiger charge is 2.45. The second-order valence-corrected chi connectivity index (χ2v) is 6.22. The van der Waals surface area contributed by atoms with Gasteiger partial charge in [0.05, 0.1) is 12.6 Å². The van der Waals surface area contributed by atoms with Gasteiger partial charge in [-0.15, -0.1) is 0 Å². The van der Waals surface area contributed by atoms with Gasteiger partial charge < -0.3 is 15.1 Å². The van der Waals surface area contributed by atoms with E-state index in [0.717, 1.165) is 19.4 Å². The van der Waals surface area contributed by atoms with Gasteiger partial charge in [-0.3, -0.25) is 9.63 Å². The van der Waals surface area contributed by atoms with Crippen molar-refractivity contribution in [1.82, 2.24) is 20.6 Å². The monoisotopic (exact) mass is 296 g/mol. The summed E-state index contributed by atoms with van der Waals surface area (Å²) in [5.41, 5.74) is 2.53. The Morgan fingerprint density at radius 1 is 1.38 bits per heavy atom. The van der Waals surface area contributed by atoms with Gasteiger partial charge in [0.25, 0.3) is 5.91 Å². The molecule has 0 radical (unpaired) electrons. The molecule has 7 nitrogen and oxygen atoms in total. The van der Waals surface area contributed by atoms with Crippen LogP contribution < -0.4 is 10.8 Å². The third-order valence-electron chi connectivity index (χ3n) is 4.82. The molecule has 0 spiro atoms. The minimum atomic E-state index is -0.391. The number of fused-ring (bicyclic) bond motifs is 2. The van der Waals surface area contributed by atoms with E-state index in [1.165, 1.54) is 12.8 Å². The maximum atomic E-state index is 12.2. The van der Waals surface area contributed by atoms with Gasteiger partial charge in [0, 0.05) is 19.6 Å². The fourth-order valence-corrected chi connectivity index (χ4v) is 3.46. The van der Waals surface area contributed by atoms with Crippen LogP contribution in [0.1, 0.15) is 32.1 Å². The average Bonchev–Trinajstić information content (AvgIpc) is 2.73. The van der Waals surface area contributed by atoms with Crippen LogP contribution in [-0.2, 0) is 9.63 Å². The van der Waals surface area contributed by atoms with Crippen LogP contribution in [0, 0.1) is 0 Å². The number of urea groups is 1. The molecule has 3 aliphatic heterocycles. The SMILES string of the molecule is CN1C(=O)N2C[C@H]1CC[C@H]2C(=O)NOCC1CCCCN1. The smallest absolute Gasteiger partial charge is 0.320 e. The molecule has 1 unspecified atom stereocenters. The molecule has 0 aromatic heterocycles. The van der Waals surface area contributed by atoms with Gasteiger partial charge in [0.1, 0.15) is 6.04 Å². The highest BCUT2D eigenvalue weighted by Crippen LogP contribution is 2.28. The zero-order valence-corrected chi connectivity index (χ0v) is 12.5. The summed E-state index contributed by atoms with van der Waals surface area (Å²) >= 11 is 0. The predicted molar refractivity (Wildman–Crippen MR) is 76.4 cm³/mol. The number of likely N-dealkylation sites (N-methyl/N-ethyl adjacent to an activating group) is 1. The molecule has 118 valence electrons. The largest absolute Gasteiger partial charge is 0.323 e. The minimum Gasteiger partial charge on any atom is -0.323 e. The van der Waals surface area contributed by atoms with Crippen LogP contribution in [-0.4, -0.2) is 66.6 Å². The van der Waals surface area contributed by atoms with Crippen LogP contribution in [0.25, 0.3) is 0 Å².